The molecule has 1 aliphatic heterocycles. The highest BCUT2D eigenvalue weighted by Gasteiger charge is 2.31. The Bertz CT molecular complexity index is 367. The number of hydrogen-bond acceptors (Lipinski definition) is 2. The quantitative estimate of drug-likeness (QED) is 0.814. The van der Waals surface area contributed by atoms with Crippen LogP contribution in [0.2, 0.25) is 0 Å². The second kappa shape index (κ2) is 8.54. The molecule has 0 aromatic carbocycles. The summed E-state index contributed by atoms with van der Waals surface area (Å²) in [6.45, 7) is 3.75. The van der Waals surface area contributed by atoms with E-state index in [4.69, 9.17) is 5.11 Å². The molecule has 0 radical (unpaired) electrons. The van der Waals surface area contributed by atoms with Crippen LogP contribution in [0, 0.1) is 17.8 Å². The van der Waals surface area contributed by atoms with Gasteiger partial charge in [-0.05, 0) is 50.4 Å². The van der Waals surface area contributed by atoms with E-state index in [0.717, 1.165) is 44.7 Å². The highest BCUT2D eigenvalue weighted by Crippen LogP contribution is 2.33. The van der Waals surface area contributed by atoms with Crippen molar-refractivity contribution < 1.29 is 14.7 Å². The minimum absolute atomic E-state index is 0.230. The first-order chi connectivity index (χ1) is 10.6. The van der Waals surface area contributed by atoms with Crippen molar-refractivity contribution in [1.29, 1.82) is 0 Å². The van der Waals surface area contributed by atoms with Crippen LogP contribution < -0.4 is 0 Å². The van der Waals surface area contributed by atoms with Crippen LogP contribution in [0.5, 0.6) is 0 Å². The summed E-state index contributed by atoms with van der Waals surface area (Å²) in [5.74, 6) is 0.948. The summed E-state index contributed by atoms with van der Waals surface area (Å²) in [5, 5.41) is 8.85. The number of carbonyl (C=O) groups is 2. The summed E-state index contributed by atoms with van der Waals surface area (Å²) in [5.41, 5.74) is 0. The lowest BCUT2D eigenvalue weighted by atomic mass is 9.79. The van der Waals surface area contributed by atoms with Gasteiger partial charge in [0.2, 0.25) is 5.91 Å². The van der Waals surface area contributed by atoms with Gasteiger partial charge in [-0.1, -0.05) is 26.2 Å². The molecule has 0 atom stereocenters. The monoisotopic (exact) mass is 309 g/mol. The van der Waals surface area contributed by atoms with Crippen LogP contribution in [0.25, 0.3) is 0 Å². The molecule has 2 fully saturated rings. The summed E-state index contributed by atoms with van der Waals surface area (Å²) >= 11 is 0. The van der Waals surface area contributed by atoms with E-state index in [1.54, 1.807) is 0 Å². The van der Waals surface area contributed by atoms with E-state index >= 15 is 0 Å². The number of carboxylic acid groups (broad SMARTS) is 1. The maximum absolute atomic E-state index is 12.6. The predicted octanol–water partition coefficient (Wildman–Crippen LogP) is 3.70. The fourth-order valence-electron chi connectivity index (χ4n) is 4.05. The average molecular weight is 309 g/mol. The summed E-state index contributed by atoms with van der Waals surface area (Å²) in [7, 11) is 0. The van der Waals surface area contributed by atoms with Crippen LogP contribution in [0.15, 0.2) is 0 Å². The first kappa shape index (κ1) is 17.3. The first-order valence-electron chi connectivity index (χ1n) is 9.10. The molecule has 1 aliphatic carbocycles. The zero-order chi connectivity index (χ0) is 15.9. The molecular formula is C18H31NO3. The third-order valence-electron chi connectivity index (χ3n) is 5.55. The smallest absolute Gasteiger partial charge is 0.303 e. The van der Waals surface area contributed by atoms with E-state index in [2.05, 4.69) is 6.92 Å². The Morgan fingerprint density at radius 1 is 1.00 bits per heavy atom. The van der Waals surface area contributed by atoms with E-state index in [1.807, 2.05) is 4.90 Å². The van der Waals surface area contributed by atoms with Crippen molar-refractivity contribution in [3.05, 3.63) is 0 Å². The van der Waals surface area contributed by atoms with Crippen molar-refractivity contribution in [2.24, 2.45) is 17.8 Å². The molecule has 1 N–H and O–H groups in total. The lowest BCUT2D eigenvalue weighted by molar-refractivity contribution is -0.140. The number of aliphatic carboxylic acids is 1. The number of nitrogens with zero attached hydrogens (tertiary/aromatic N) is 1. The molecule has 4 heteroatoms. The van der Waals surface area contributed by atoms with Crippen LogP contribution in [-0.4, -0.2) is 35.0 Å². The molecule has 1 heterocycles. The van der Waals surface area contributed by atoms with Gasteiger partial charge in [0.15, 0.2) is 0 Å². The number of piperidine rings is 1. The Balaban J connectivity index is 1.71. The molecule has 1 saturated heterocycles. The number of carbonyl (C=O) groups excluding carboxylic acids is 1. The van der Waals surface area contributed by atoms with Gasteiger partial charge in [-0.3, -0.25) is 9.59 Å². The van der Waals surface area contributed by atoms with Crippen molar-refractivity contribution in [2.45, 2.75) is 71.1 Å². The molecule has 0 unspecified atom stereocenters. The number of rotatable bonds is 6. The van der Waals surface area contributed by atoms with Crippen LogP contribution in [-0.2, 0) is 9.59 Å². The van der Waals surface area contributed by atoms with Crippen molar-refractivity contribution in [3.63, 3.8) is 0 Å². The minimum Gasteiger partial charge on any atom is -0.481 e. The number of unbranched alkanes of at least 4 members (excludes halogenated alkanes) is 1. The van der Waals surface area contributed by atoms with Gasteiger partial charge in [-0.15, -0.1) is 0 Å². The van der Waals surface area contributed by atoms with Crippen molar-refractivity contribution in [1.82, 2.24) is 4.90 Å². The Labute approximate surface area is 134 Å². The molecule has 0 aromatic heterocycles. The van der Waals surface area contributed by atoms with Gasteiger partial charge >= 0.3 is 5.97 Å². The molecule has 4 nitrogen and oxygen atoms in total. The zero-order valence-electron chi connectivity index (χ0n) is 13.9. The molecule has 126 valence electrons. The second-order valence-electron chi connectivity index (χ2n) is 7.23. The van der Waals surface area contributed by atoms with Crippen molar-refractivity contribution >= 4 is 11.9 Å². The van der Waals surface area contributed by atoms with Gasteiger partial charge in [0, 0.05) is 25.4 Å². The second-order valence-corrected chi connectivity index (χ2v) is 7.23. The standard InChI is InChI=1S/C18H31NO3/c1-2-3-4-14-5-7-16(8-6-14)18(22)19-11-9-15(10-12-19)13-17(20)21/h14-16H,2-13H2,1H3,(H,20,21). The van der Waals surface area contributed by atoms with E-state index < -0.39 is 5.97 Å². The summed E-state index contributed by atoms with van der Waals surface area (Å²) in [6.07, 6.45) is 10.4. The number of amides is 1. The van der Waals surface area contributed by atoms with Crippen molar-refractivity contribution in [3.8, 4) is 0 Å². The van der Waals surface area contributed by atoms with Gasteiger partial charge in [0.1, 0.15) is 0 Å². The molecule has 0 bridgehead atoms. The minimum atomic E-state index is -0.713. The Morgan fingerprint density at radius 3 is 2.18 bits per heavy atom. The number of hydrogen-bond donors (Lipinski definition) is 1. The SMILES string of the molecule is CCCCC1CCC(C(=O)N2CCC(CC(=O)O)CC2)CC1. The topological polar surface area (TPSA) is 57.6 Å². The third kappa shape index (κ3) is 4.99. The lowest BCUT2D eigenvalue weighted by Gasteiger charge is -2.36. The van der Waals surface area contributed by atoms with Crippen LogP contribution in [0.4, 0.5) is 0 Å². The van der Waals surface area contributed by atoms with E-state index in [0.29, 0.717) is 5.91 Å². The maximum Gasteiger partial charge on any atom is 0.303 e. The molecule has 22 heavy (non-hydrogen) atoms. The maximum atomic E-state index is 12.6. The number of carboxylic acids is 1. The Kier molecular flexibility index (Phi) is 6.71. The predicted molar refractivity (Wildman–Crippen MR) is 86.5 cm³/mol. The molecule has 1 amide bonds. The van der Waals surface area contributed by atoms with Crippen molar-refractivity contribution in [2.75, 3.05) is 13.1 Å². The molecule has 2 aliphatic rings. The number of likely N-dealkylation sites (tertiary alicyclic amines) is 1. The van der Waals surface area contributed by atoms with Gasteiger partial charge in [0.05, 0.1) is 0 Å². The largest absolute Gasteiger partial charge is 0.481 e. The third-order valence-corrected chi connectivity index (χ3v) is 5.55. The fourth-order valence-corrected chi connectivity index (χ4v) is 4.05. The highest BCUT2D eigenvalue weighted by molar-refractivity contribution is 5.79. The highest BCUT2D eigenvalue weighted by atomic mass is 16.4. The molecule has 1 saturated carbocycles. The normalized spacial score (nSPS) is 26.9. The average Bonchev–Trinajstić information content (AvgIpc) is 2.53. The Morgan fingerprint density at radius 2 is 1.64 bits per heavy atom. The zero-order valence-corrected chi connectivity index (χ0v) is 13.9. The van der Waals surface area contributed by atoms with E-state index in [-0.39, 0.29) is 18.3 Å². The summed E-state index contributed by atoms with van der Waals surface area (Å²) < 4.78 is 0. The van der Waals surface area contributed by atoms with E-state index in [1.165, 1.54) is 32.1 Å². The van der Waals surface area contributed by atoms with Gasteiger partial charge in [0.25, 0.3) is 0 Å². The lowest BCUT2D eigenvalue weighted by Crippen LogP contribution is -2.43. The van der Waals surface area contributed by atoms with Crippen LogP contribution in [0.3, 0.4) is 0 Å². The van der Waals surface area contributed by atoms with Gasteiger partial charge in [-0.2, -0.15) is 0 Å². The Hall–Kier alpha value is -1.06. The molecule has 0 aromatic rings. The molecule has 0 spiro atoms. The fraction of sp³-hybridized carbons (Fsp3) is 0.889. The van der Waals surface area contributed by atoms with Crippen LogP contribution >= 0.6 is 0 Å². The first-order valence-corrected chi connectivity index (χ1v) is 9.10. The molecular weight excluding hydrogens is 278 g/mol. The van der Waals surface area contributed by atoms with Gasteiger partial charge in [-0.25, -0.2) is 0 Å². The van der Waals surface area contributed by atoms with Crippen LogP contribution in [0.1, 0.15) is 71.1 Å². The summed E-state index contributed by atoms with van der Waals surface area (Å²) in [4.78, 5) is 25.4. The summed E-state index contributed by atoms with van der Waals surface area (Å²) in [6, 6.07) is 0. The van der Waals surface area contributed by atoms with Gasteiger partial charge < -0.3 is 10.0 Å². The molecule has 2 rings (SSSR count). The van der Waals surface area contributed by atoms with E-state index in [9.17, 15) is 9.59 Å².